The van der Waals surface area contributed by atoms with Gasteiger partial charge in [0.1, 0.15) is 23.1 Å². The van der Waals surface area contributed by atoms with Crippen molar-refractivity contribution in [3.8, 4) is 0 Å². The number of ether oxygens (including phenoxy) is 4. The van der Waals surface area contributed by atoms with E-state index in [2.05, 4.69) is 118 Å². The molecule has 0 fully saturated rings. The topological polar surface area (TPSA) is 155 Å². The number of aliphatic hydroxyl groups excluding tert-OH is 2. The standard InChI is InChI=1S/2C52H109NO6SSi2/c2*1-9-13-17-20-22-23-29-38-48-60-50(40-16-12-4)52(55)57-47-37-28-26-33-43-53(44-34-35-45-54)42-32-25-27-36-46-56-51(41-31-24-19-15-11-3)58-62(7,8)59-61(5,6)49-39-30-21-18-14-10-2/h2*50-51,54H,9-49H2,1-8H3. The summed E-state index contributed by atoms with van der Waals surface area (Å²) in [5.41, 5.74) is 0. The maximum atomic E-state index is 13.0. The lowest BCUT2D eigenvalue weighted by Crippen LogP contribution is -2.48. The number of unbranched alkanes of at least 4 members (excludes halogenated alkanes) is 48. The Morgan fingerprint density at radius 3 is 0.782 bits per heavy atom. The summed E-state index contributed by atoms with van der Waals surface area (Å²) in [5.74, 6) is 2.19. The van der Waals surface area contributed by atoms with E-state index >= 15 is 0 Å². The van der Waals surface area contributed by atoms with Crippen molar-refractivity contribution < 1.29 is 55.8 Å². The average Bonchev–Trinajstić information content (AvgIpc) is 0.862. The third-order valence-electron chi connectivity index (χ3n) is 24.4. The zero-order valence-electron chi connectivity index (χ0n) is 86.0. The molecule has 0 aliphatic heterocycles. The van der Waals surface area contributed by atoms with E-state index in [0.717, 1.165) is 192 Å². The van der Waals surface area contributed by atoms with Gasteiger partial charge in [0.2, 0.25) is 0 Å². The quantitative estimate of drug-likeness (QED) is 0.0257. The molecule has 0 rings (SSSR count). The molecule has 0 aliphatic rings. The van der Waals surface area contributed by atoms with Crippen LogP contribution < -0.4 is 0 Å². The van der Waals surface area contributed by atoms with Crippen LogP contribution in [0.1, 0.15) is 479 Å². The smallest absolute Gasteiger partial charge is 0.323 e. The van der Waals surface area contributed by atoms with Crippen molar-refractivity contribution in [1.82, 2.24) is 9.80 Å². The molecular formula is C104H218N2O12S2Si4. The largest absolute Gasteiger partial charge is 0.465 e. The monoisotopic (exact) mass is 1860 g/mol. The molecule has 0 aromatic carbocycles. The van der Waals surface area contributed by atoms with E-state index in [1.165, 1.54) is 307 Å². The van der Waals surface area contributed by atoms with Crippen molar-refractivity contribution in [1.29, 1.82) is 0 Å². The fraction of sp³-hybridized carbons (Fsp3) is 0.981. The number of hydrogen-bond donors (Lipinski definition) is 2. The average molecular weight is 1870 g/mol. The fourth-order valence-electron chi connectivity index (χ4n) is 16.9. The Morgan fingerprint density at radius 2 is 0.500 bits per heavy atom. The molecule has 4 atom stereocenters. The Labute approximate surface area is 786 Å². The third-order valence-corrected chi connectivity index (χ3v) is 40.2. The van der Waals surface area contributed by atoms with Crippen molar-refractivity contribution in [3.05, 3.63) is 0 Å². The SMILES string of the molecule is CCCCCCCCCCSC(CCCC)C(=O)OCCCCCCN(CCCCO)CCCCCCOC(CCCCCCC)O[Si](C)(C)O[Si](C)(C)CCCCCCCC.CCCCCCCCCCSC(CCCC)C(=O)OCCCCCCN(CCCCO)CCCCCCOC(CCCCCCC)O[Si](C)(C)O[Si](C)(C)CCCCCCCC. The fourth-order valence-corrected chi connectivity index (χ4v) is 35.0. The second-order valence-electron chi connectivity index (χ2n) is 39.3. The second kappa shape index (κ2) is 93.5. The lowest BCUT2D eigenvalue weighted by molar-refractivity contribution is -0.144. The number of thioether (sulfide) groups is 2. The summed E-state index contributed by atoms with van der Waals surface area (Å²) in [5, 5.41) is 18.8. The first-order valence-corrected chi connectivity index (χ1v) is 68.3. The molecule has 124 heavy (non-hydrogen) atoms. The highest BCUT2D eigenvalue weighted by atomic mass is 32.2. The van der Waals surface area contributed by atoms with E-state index in [1.54, 1.807) is 0 Å². The van der Waals surface area contributed by atoms with E-state index in [4.69, 9.17) is 36.0 Å². The van der Waals surface area contributed by atoms with Crippen molar-refractivity contribution in [3.63, 3.8) is 0 Å². The van der Waals surface area contributed by atoms with Crippen LogP contribution in [0.3, 0.4) is 0 Å². The summed E-state index contributed by atoms with van der Waals surface area (Å²) in [6, 6.07) is 2.44. The van der Waals surface area contributed by atoms with Gasteiger partial charge in [-0.25, -0.2) is 0 Å². The molecule has 0 saturated heterocycles. The Morgan fingerprint density at radius 1 is 0.266 bits per heavy atom. The minimum absolute atomic E-state index is 0.00727. The molecule has 20 heteroatoms. The van der Waals surface area contributed by atoms with Gasteiger partial charge in [0.15, 0.2) is 16.6 Å². The van der Waals surface area contributed by atoms with Crippen LogP contribution in [0.15, 0.2) is 0 Å². The van der Waals surface area contributed by atoms with Crippen LogP contribution in [0.25, 0.3) is 0 Å². The van der Waals surface area contributed by atoms with Gasteiger partial charge in [0.05, 0.1) is 13.2 Å². The molecule has 0 amide bonds. The van der Waals surface area contributed by atoms with Gasteiger partial charge in [-0.3, -0.25) is 9.59 Å². The Kier molecular flexibility index (Phi) is 95.1. The number of rotatable bonds is 100. The summed E-state index contributed by atoms with van der Waals surface area (Å²) >= 11 is 3.68. The first-order valence-electron chi connectivity index (χ1n) is 54.3. The molecule has 2 N–H and O–H groups in total. The number of aliphatic hydroxyl groups is 2. The van der Waals surface area contributed by atoms with Crippen molar-refractivity contribution in [2.45, 2.75) is 567 Å². The van der Waals surface area contributed by atoms with Crippen LogP contribution in [0.5, 0.6) is 0 Å². The number of carbonyl (C=O) groups is 2. The first-order chi connectivity index (χ1) is 60.1. The van der Waals surface area contributed by atoms with Crippen molar-refractivity contribution in [2.24, 2.45) is 0 Å². The van der Waals surface area contributed by atoms with Crippen LogP contribution in [-0.2, 0) is 45.6 Å². The number of nitrogens with zero attached hydrogens (tertiary/aromatic N) is 2. The highest BCUT2D eigenvalue weighted by molar-refractivity contribution is 8.00. The summed E-state index contributed by atoms with van der Waals surface area (Å²) in [6.07, 6.45) is 79.8. The summed E-state index contributed by atoms with van der Waals surface area (Å²) < 4.78 is 51.9. The zero-order chi connectivity index (χ0) is 91.7. The van der Waals surface area contributed by atoms with E-state index in [1.807, 2.05) is 23.5 Å². The van der Waals surface area contributed by atoms with Crippen LogP contribution in [0, 0.1) is 0 Å². The van der Waals surface area contributed by atoms with E-state index in [9.17, 15) is 19.8 Å². The van der Waals surface area contributed by atoms with Gasteiger partial charge in [0, 0.05) is 26.4 Å². The second-order valence-corrected chi connectivity index (χ2v) is 57.7. The predicted octanol–water partition coefficient (Wildman–Crippen LogP) is 32.3. The highest BCUT2D eigenvalue weighted by Gasteiger charge is 2.38. The lowest BCUT2D eigenvalue weighted by atomic mass is 10.1. The molecule has 0 radical (unpaired) electrons. The van der Waals surface area contributed by atoms with E-state index in [0.29, 0.717) is 13.2 Å². The minimum Gasteiger partial charge on any atom is -0.465 e. The maximum Gasteiger partial charge on any atom is 0.323 e. The Balaban J connectivity index is 0. The highest BCUT2D eigenvalue weighted by Crippen LogP contribution is 2.30. The number of carbonyl (C=O) groups excluding carboxylic acids is 2. The molecule has 0 saturated carbocycles. The summed E-state index contributed by atoms with van der Waals surface area (Å²) in [6.45, 7) is 46.4. The van der Waals surface area contributed by atoms with Crippen molar-refractivity contribution in [2.75, 3.05) is 90.4 Å². The Bertz CT molecular complexity index is 2040. The minimum atomic E-state index is -2.32. The predicted molar refractivity (Wildman–Crippen MR) is 555 cm³/mol. The van der Waals surface area contributed by atoms with Gasteiger partial charge < -0.3 is 56.0 Å². The molecular weight excluding hydrogens is 1650 g/mol. The zero-order valence-corrected chi connectivity index (χ0v) is 91.6. The van der Waals surface area contributed by atoms with E-state index < -0.39 is 33.8 Å². The molecule has 14 nitrogen and oxygen atoms in total. The van der Waals surface area contributed by atoms with Crippen molar-refractivity contribution >= 4 is 69.2 Å². The first kappa shape index (κ1) is 126. The van der Waals surface area contributed by atoms with Crippen LogP contribution in [0.2, 0.25) is 64.5 Å². The maximum absolute atomic E-state index is 13.0. The van der Waals surface area contributed by atoms with Gasteiger partial charge in [-0.2, -0.15) is 0 Å². The normalized spacial score (nSPS) is 13.3. The molecule has 0 aromatic heterocycles. The van der Waals surface area contributed by atoms with Crippen LogP contribution >= 0.6 is 23.5 Å². The van der Waals surface area contributed by atoms with E-state index in [-0.39, 0.29) is 48.2 Å². The molecule has 0 aromatic rings. The number of hydrogen-bond acceptors (Lipinski definition) is 16. The van der Waals surface area contributed by atoms with Crippen LogP contribution in [-0.4, -0.2) is 179 Å². The van der Waals surface area contributed by atoms with Gasteiger partial charge in [-0.15, -0.1) is 23.5 Å². The van der Waals surface area contributed by atoms with Gasteiger partial charge in [-0.05, 0) is 244 Å². The molecule has 744 valence electrons. The molecule has 0 aliphatic carbocycles. The molecule has 0 heterocycles. The third kappa shape index (κ3) is 88.7. The van der Waals surface area contributed by atoms with Crippen LogP contribution in [0.4, 0.5) is 0 Å². The summed E-state index contributed by atoms with van der Waals surface area (Å²) in [7, 11) is -8.20. The number of esters is 2. The van der Waals surface area contributed by atoms with Gasteiger partial charge >= 0.3 is 29.1 Å². The molecule has 0 spiro atoms. The lowest BCUT2D eigenvalue weighted by Gasteiger charge is -2.36. The Hall–Kier alpha value is 0.108. The molecule has 0 bridgehead atoms. The van der Waals surface area contributed by atoms with Gasteiger partial charge in [0.25, 0.3) is 0 Å². The van der Waals surface area contributed by atoms with Gasteiger partial charge in [-0.1, -0.05) is 351 Å². The molecule has 4 unspecified atom stereocenters. The summed E-state index contributed by atoms with van der Waals surface area (Å²) in [4.78, 5) is 31.1.